The molecule has 2 bridgehead atoms. The van der Waals surface area contributed by atoms with Gasteiger partial charge in [-0.25, -0.2) is 4.79 Å². The van der Waals surface area contributed by atoms with Gasteiger partial charge in [-0.2, -0.15) is 0 Å². The highest BCUT2D eigenvalue weighted by Crippen LogP contribution is 2.36. The average Bonchev–Trinajstić information content (AvgIpc) is 2.89. The third-order valence-electron chi connectivity index (χ3n) is 7.71. The minimum absolute atomic E-state index is 0. The molecule has 4 nitrogen and oxygen atoms in total. The van der Waals surface area contributed by atoms with E-state index >= 15 is 0 Å². The van der Waals surface area contributed by atoms with E-state index in [-0.39, 0.29) is 29.2 Å². The SMILES string of the molecule is O=C(O[C@@H]1C[N+]2(CCCc3ccccc3)CCC1CC2)N(Cc1ccccc1)c1ccccc1.[Br-]. The first-order valence-electron chi connectivity index (χ1n) is 12.7. The number of carbonyl (C=O) groups excluding carboxylic acids is 1. The van der Waals surface area contributed by atoms with Crippen LogP contribution in [0.15, 0.2) is 91.0 Å². The number of rotatable bonds is 8. The van der Waals surface area contributed by atoms with Crippen molar-refractivity contribution in [2.45, 2.75) is 38.3 Å². The molecule has 6 rings (SSSR count). The van der Waals surface area contributed by atoms with Crippen molar-refractivity contribution in [3.63, 3.8) is 0 Å². The summed E-state index contributed by atoms with van der Waals surface area (Å²) in [6.07, 6.45) is 4.40. The van der Waals surface area contributed by atoms with Gasteiger partial charge in [0.1, 0.15) is 6.54 Å². The number of hydrogen-bond donors (Lipinski definition) is 0. The van der Waals surface area contributed by atoms with Crippen LogP contribution in [0.3, 0.4) is 0 Å². The molecule has 0 aromatic heterocycles. The third-order valence-corrected chi connectivity index (χ3v) is 7.71. The zero-order valence-electron chi connectivity index (χ0n) is 20.3. The predicted molar refractivity (Wildman–Crippen MR) is 137 cm³/mol. The molecule has 3 heterocycles. The standard InChI is InChI=1S/C30H35N2O2.BrH/c33-30(31(28-16-8-3-9-17-28)23-26-13-6-2-7-14-26)34-29-24-32(21-18-27(29)19-22-32)20-10-15-25-11-4-1-5-12-25;/h1-9,11-14,16-17,27,29H,10,15,18-24H2;1H/q+1;/p-1/t27?,29-,32?;/m1./s1. The van der Waals surface area contributed by atoms with Gasteiger partial charge in [-0.05, 0) is 29.7 Å². The van der Waals surface area contributed by atoms with Gasteiger partial charge in [0.05, 0.1) is 26.2 Å². The lowest BCUT2D eigenvalue weighted by Crippen LogP contribution is -3.00. The molecule has 0 unspecified atom stereocenters. The second-order valence-electron chi connectivity index (χ2n) is 9.95. The highest BCUT2D eigenvalue weighted by molar-refractivity contribution is 5.87. The molecule has 3 aromatic carbocycles. The van der Waals surface area contributed by atoms with Crippen LogP contribution in [0.25, 0.3) is 0 Å². The Labute approximate surface area is 219 Å². The maximum Gasteiger partial charge on any atom is 0.415 e. The average molecular weight is 536 g/mol. The maximum absolute atomic E-state index is 13.5. The van der Waals surface area contributed by atoms with Crippen LogP contribution in [-0.2, 0) is 17.7 Å². The van der Waals surface area contributed by atoms with E-state index < -0.39 is 0 Å². The molecule has 0 aliphatic carbocycles. The zero-order valence-corrected chi connectivity index (χ0v) is 21.9. The van der Waals surface area contributed by atoms with Gasteiger partial charge in [0, 0.05) is 30.9 Å². The minimum atomic E-state index is -0.226. The van der Waals surface area contributed by atoms with Crippen molar-refractivity contribution in [3.05, 3.63) is 102 Å². The second kappa shape index (κ2) is 11.9. The van der Waals surface area contributed by atoms with Crippen molar-refractivity contribution in [2.75, 3.05) is 31.1 Å². The molecule has 3 aliphatic heterocycles. The van der Waals surface area contributed by atoms with Crippen molar-refractivity contribution < 1.29 is 31.0 Å². The number of benzene rings is 3. The number of nitrogens with zero attached hydrogens (tertiary/aromatic N) is 2. The molecule has 3 saturated heterocycles. The van der Waals surface area contributed by atoms with E-state index in [1.165, 1.54) is 31.6 Å². The largest absolute Gasteiger partial charge is 1.00 e. The van der Waals surface area contributed by atoms with Crippen molar-refractivity contribution >= 4 is 11.8 Å². The van der Waals surface area contributed by atoms with E-state index in [1.54, 1.807) is 4.90 Å². The quantitative estimate of drug-likeness (QED) is 0.415. The monoisotopic (exact) mass is 534 g/mol. The molecule has 184 valence electrons. The van der Waals surface area contributed by atoms with Crippen molar-refractivity contribution in [3.8, 4) is 0 Å². The number of anilines is 1. The summed E-state index contributed by atoms with van der Waals surface area (Å²) in [4.78, 5) is 15.3. The Morgan fingerprint density at radius 1 is 0.829 bits per heavy atom. The summed E-state index contributed by atoms with van der Waals surface area (Å²) in [7, 11) is 0. The van der Waals surface area contributed by atoms with Gasteiger partial charge in [0.25, 0.3) is 0 Å². The summed E-state index contributed by atoms with van der Waals surface area (Å²) in [6.45, 7) is 5.08. The number of carbonyl (C=O) groups is 1. The molecule has 1 atom stereocenters. The maximum atomic E-state index is 13.5. The molecule has 35 heavy (non-hydrogen) atoms. The summed E-state index contributed by atoms with van der Waals surface area (Å²) >= 11 is 0. The zero-order chi connectivity index (χ0) is 23.2. The molecule has 3 fully saturated rings. The van der Waals surface area contributed by atoms with Crippen LogP contribution in [0.1, 0.15) is 30.4 Å². The van der Waals surface area contributed by atoms with Gasteiger partial charge >= 0.3 is 6.09 Å². The van der Waals surface area contributed by atoms with Crippen molar-refractivity contribution in [2.24, 2.45) is 5.92 Å². The molecule has 0 N–H and O–H groups in total. The summed E-state index contributed by atoms with van der Waals surface area (Å²) in [6, 6.07) is 30.8. The first-order chi connectivity index (χ1) is 16.7. The van der Waals surface area contributed by atoms with Crippen molar-refractivity contribution in [1.29, 1.82) is 0 Å². The molecule has 3 aliphatic rings. The number of piperidine rings is 3. The predicted octanol–water partition coefficient (Wildman–Crippen LogP) is 3.08. The second-order valence-corrected chi connectivity index (χ2v) is 9.95. The van der Waals surface area contributed by atoms with Crippen LogP contribution in [0, 0.1) is 5.92 Å². The molecule has 5 heteroatoms. The molecular weight excluding hydrogens is 500 g/mol. The van der Waals surface area contributed by atoms with E-state index in [1.807, 2.05) is 48.5 Å². The van der Waals surface area contributed by atoms with E-state index in [0.717, 1.165) is 41.5 Å². The summed E-state index contributed by atoms with van der Waals surface area (Å²) < 4.78 is 7.38. The fourth-order valence-corrected chi connectivity index (χ4v) is 5.76. The smallest absolute Gasteiger partial charge is 0.415 e. The number of aryl methyl sites for hydroxylation is 1. The first kappa shape index (κ1) is 25.5. The Morgan fingerprint density at radius 2 is 1.40 bits per heavy atom. The Hall–Kier alpha value is -2.63. The van der Waals surface area contributed by atoms with E-state index in [2.05, 4.69) is 42.5 Å². The Balaban J connectivity index is 0.00000289. The lowest BCUT2D eigenvalue weighted by atomic mass is 9.83. The highest BCUT2D eigenvalue weighted by Gasteiger charge is 2.47. The molecular formula is C30H35BrN2O2. The Bertz CT molecular complexity index is 1050. The van der Waals surface area contributed by atoms with Crippen LogP contribution in [0.5, 0.6) is 0 Å². The van der Waals surface area contributed by atoms with Gasteiger partial charge in [-0.15, -0.1) is 0 Å². The fourth-order valence-electron chi connectivity index (χ4n) is 5.76. The summed E-state index contributed by atoms with van der Waals surface area (Å²) in [5.41, 5.74) is 3.39. The number of ether oxygens (including phenoxy) is 1. The number of fused-ring (bicyclic) bond motifs is 3. The Kier molecular flexibility index (Phi) is 8.64. The van der Waals surface area contributed by atoms with E-state index in [0.29, 0.717) is 12.5 Å². The normalized spacial score (nSPS) is 22.7. The lowest BCUT2D eigenvalue weighted by molar-refractivity contribution is -0.946. The molecule has 3 aromatic rings. The van der Waals surface area contributed by atoms with Gasteiger partial charge in [0.15, 0.2) is 6.10 Å². The number of amides is 1. The van der Waals surface area contributed by atoms with Gasteiger partial charge < -0.3 is 26.2 Å². The first-order valence-corrected chi connectivity index (χ1v) is 12.7. The molecule has 0 radical (unpaired) electrons. The van der Waals surface area contributed by atoms with Crippen LogP contribution in [0.2, 0.25) is 0 Å². The number of para-hydroxylation sites is 1. The number of quaternary nitrogens is 1. The minimum Gasteiger partial charge on any atom is -1.00 e. The fraction of sp³-hybridized carbons (Fsp3) is 0.367. The number of hydrogen-bond acceptors (Lipinski definition) is 2. The van der Waals surface area contributed by atoms with Crippen LogP contribution >= 0.6 is 0 Å². The van der Waals surface area contributed by atoms with Crippen LogP contribution in [0.4, 0.5) is 10.5 Å². The summed E-state index contributed by atoms with van der Waals surface area (Å²) in [5.74, 6) is 0.493. The van der Waals surface area contributed by atoms with Gasteiger partial charge in [-0.3, -0.25) is 4.90 Å². The van der Waals surface area contributed by atoms with E-state index in [4.69, 9.17) is 4.74 Å². The van der Waals surface area contributed by atoms with Gasteiger partial charge in [-0.1, -0.05) is 78.9 Å². The lowest BCUT2D eigenvalue weighted by Gasteiger charge is -2.52. The van der Waals surface area contributed by atoms with Crippen molar-refractivity contribution in [1.82, 2.24) is 0 Å². The summed E-state index contributed by atoms with van der Waals surface area (Å²) in [5, 5.41) is 0. The Morgan fingerprint density at radius 3 is 2.03 bits per heavy atom. The third kappa shape index (κ3) is 6.33. The van der Waals surface area contributed by atoms with Crippen LogP contribution < -0.4 is 21.9 Å². The van der Waals surface area contributed by atoms with Gasteiger partial charge in [0.2, 0.25) is 0 Å². The molecule has 0 saturated carbocycles. The number of halogens is 1. The molecule has 0 spiro atoms. The van der Waals surface area contributed by atoms with E-state index in [9.17, 15) is 4.79 Å². The highest BCUT2D eigenvalue weighted by atomic mass is 79.9. The molecule has 1 amide bonds. The topological polar surface area (TPSA) is 29.5 Å². The van der Waals surface area contributed by atoms with Crippen LogP contribution in [-0.4, -0.2) is 42.9 Å².